The number of aromatic nitrogens is 2. The van der Waals surface area contributed by atoms with Crippen LogP contribution in [0.4, 0.5) is 0 Å². The molecule has 0 radical (unpaired) electrons. The molecule has 1 aromatic carbocycles. The van der Waals surface area contributed by atoms with E-state index in [0.29, 0.717) is 18.0 Å². The van der Waals surface area contributed by atoms with Crippen LogP contribution in [-0.2, 0) is 0 Å². The van der Waals surface area contributed by atoms with E-state index in [4.69, 9.17) is 0 Å². The van der Waals surface area contributed by atoms with Crippen LogP contribution in [0.1, 0.15) is 49.0 Å². The number of amides is 1. The van der Waals surface area contributed by atoms with Crippen LogP contribution in [0.15, 0.2) is 24.3 Å². The maximum atomic E-state index is 12.6. The number of H-pyrrole nitrogens is 1. The zero-order valence-corrected chi connectivity index (χ0v) is 12.7. The molecule has 2 aromatic rings. The number of hydrogen-bond acceptors (Lipinski definition) is 3. The maximum absolute atomic E-state index is 12.6. The van der Waals surface area contributed by atoms with Crippen molar-refractivity contribution in [3.8, 4) is 0 Å². The van der Waals surface area contributed by atoms with Crippen molar-refractivity contribution in [2.75, 3.05) is 6.61 Å². The van der Waals surface area contributed by atoms with Crippen molar-refractivity contribution >= 4 is 16.8 Å². The van der Waals surface area contributed by atoms with Gasteiger partial charge in [-0.25, -0.2) is 0 Å². The summed E-state index contributed by atoms with van der Waals surface area (Å²) in [5.41, 5.74) is 1.30. The first kappa shape index (κ1) is 15.0. The van der Waals surface area contributed by atoms with E-state index in [1.165, 1.54) is 19.3 Å². The predicted octanol–water partition coefficient (Wildman–Crippen LogP) is 2.62. The number of carbonyl (C=O) groups is 1. The van der Waals surface area contributed by atoms with Crippen molar-refractivity contribution in [1.82, 2.24) is 15.5 Å². The average Bonchev–Trinajstić information content (AvgIpc) is 2.99. The quantitative estimate of drug-likeness (QED) is 0.794. The SMILES string of the molecule is O=C(NC(CCO)C1CCCCC1)c1n[nH]c2ccccc12. The van der Waals surface area contributed by atoms with E-state index < -0.39 is 0 Å². The van der Waals surface area contributed by atoms with Crippen molar-refractivity contribution in [3.05, 3.63) is 30.0 Å². The Bertz CT molecular complexity index is 632. The Kier molecular flexibility index (Phi) is 4.73. The number of fused-ring (bicyclic) bond motifs is 1. The largest absolute Gasteiger partial charge is 0.396 e. The van der Waals surface area contributed by atoms with Crippen molar-refractivity contribution in [2.24, 2.45) is 5.92 Å². The fraction of sp³-hybridized carbons (Fsp3) is 0.529. The highest BCUT2D eigenvalue weighted by Gasteiger charge is 2.26. The number of para-hydroxylation sites is 1. The number of nitrogens with one attached hydrogen (secondary N) is 2. The van der Waals surface area contributed by atoms with E-state index in [-0.39, 0.29) is 18.6 Å². The van der Waals surface area contributed by atoms with Gasteiger partial charge in [0.15, 0.2) is 5.69 Å². The second-order valence-corrected chi connectivity index (χ2v) is 6.11. The van der Waals surface area contributed by atoms with Crippen molar-refractivity contribution in [1.29, 1.82) is 0 Å². The minimum absolute atomic E-state index is 0.0354. The Balaban J connectivity index is 1.75. The molecule has 3 rings (SSSR count). The molecule has 1 saturated carbocycles. The van der Waals surface area contributed by atoms with Gasteiger partial charge < -0.3 is 10.4 Å². The summed E-state index contributed by atoms with van der Waals surface area (Å²) in [5.74, 6) is 0.316. The van der Waals surface area contributed by atoms with Crippen LogP contribution >= 0.6 is 0 Å². The Hall–Kier alpha value is -1.88. The second kappa shape index (κ2) is 6.92. The van der Waals surface area contributed by atoms with Gasteiger partial charge in [-0.3, -0.25) is 9.89 Å². The Morgan fingerprint density at radius 1 is 1.32 bits per heavy atom. The van der Waals surface area contributed by atoms with Crippen LogP contribution in [-0.4, -0.2) is 33.9 Å². The molecule has 0 spiro atoms. The van der Waals surface area contributed by atoms with Crippen LogP contribution in [0.2, 0.25) is 0 Å². The first-order valence-electron chi connectivity index (χ1n) is 8.14. The average molecular weight is 301 g/mol. The van der Waals surface area contributed by atoms with E-state index >= 15 is 0 Å². The molecule has 0 aliphatic heterocycles. The van der Waals surface area contributed by atoms with Crippen LogP contribution in [0.5, 0.6) is 0 Å². The molecule has 0 bridgehead atoms. The molecule has 22 heavy (non-hydrogen) atoms. The third kappa shape index (κ3) is 3.14. The summed E-state index contributed by atoms with van der Waals surface area (Å²) in [4.78, 5) is 12.6. The fourth-order valence-corrected chi connectivity index (χ4v) is 3.47. The van der Waals surface area contributed by atoms with E-state index in [1.54, 1.807) is 0 Å². The summed E-state index contributed by atoms with van der Waals surface area (Å²) < 4.78 is 0. The smallest absolute Gasteiger partial charge is 0.272 e. The third-order valence-corrected chi connectivity index (χ3v) is 4.66. The summed E-state index contributed by atoms with van der Waals surface area (Å²) >= 11 is 0. The lowest BCUT2D eigenvalue weighted by molar-refractivity contribution is 0.0896. The molecule has 1 atom stereocenters. The number of rotatable bonds is 5. The second-order valence-electron chi connectivity index (χ2n) is 6.11. The molecule has 1 aliphatic carbocycles. The number of aliphatic hydroxyl groups is 1. The predicted molar refractivity (Wildman–Crippen MR) is 85.6 cm³/mol. The summed E-state index contributed by atoms with van der Waals surface area (Å²) in [6, 6.07) is 7.66. The van der Waals surface area contributed by atoms with Gasteiger partial charge >= 0.3 is 0 Å². The van der Waals surface area contributed by atoms with Gasteiger partial charge in [-0.15, -0.1) is 0 Å². The molecule has 1 aromatic heterocycles. The lowest BCUT2D eigenvalue weighted by Gasteiger charge is -2.30. The van der Waals surface area contributed by atoms with E-state index in [2.05, 4.69) is 15.5 Å². The van der Waals surface area contributed by atoms with Crippen LogP contribution in [0.3, 0.4) is 0 Å². The lowest BCUT2D eigenvalue weighted by atomic mass is 9.82. The number of hydrogen-bond donors (Lipinski definition) is 3. The molecule has 1 aliphatic rings. The Morgan fingerprint density at radius 2 is 2.09 bits per heavy atom. The number of benzene rings is 1. The van der Waals surface area contributed by atoms with Crippen molar-refractivity contribution in [3.63, 3.8) is 0 Å². The van der Waals surface area contributed by atoms with E-state index in [1.807, 2.05) is 24.3 Å². The summed E-state index contributed by atoms with van der Waals surface area (Å²) in [7, 11) is 0. The molecular weight excluding hydrogens is 278 g/mol. The van der Waals surface area contributed by atoms with Gasteiger partial charge in [-0.05, 0) is 31.2 Å². The van der Waals surface area contributed by atoms with Crippen molar-refractivity contribution < 1.29 is 9.90 Å². The Morgan fingerprint density at radius 3 is 2.86 bits per heavy atom. The van der Waals surface area contributed by atoms with Gasteiger partial charge in [0.1, 0.15) is 0 Å². The minimum atomic E-state index is -0.151. The molecule has 3 N–H and O–H groups in total. The summed E-state index contributed by atoms with van der Waals surface area (Å²) in [5, 5.41) is 20.3. The molecular formula is C17H23N3O2. The van der Waals surface area contributed by atoms with Crippen LogP contribution in [0.25, 0.3) is 10.9 Å². The first-order chi connectivity index (χ1) is 10.8. The Labute approximate surface area is 130 Å². The highest BCUT2D eigenvalue weighted by molar-refractivity contribution is 6.04. The molecule has 5 nitrogen and oxygen atoms in total. The molecule has 5 heteroatoms. The fourth-order valence-electron chi connectivity index (χ4n) is 3.47. The van der Waals surface area contributed by atoms with Crippen LogP contribution < -0.4 is 5.32 Å². The topological polar surface area (TPSA) is 78.0 Å². The summed E-state index contributed by atoms with van der Waals surface area (Å²) in [6.07, 6.45) is 6.58. The molecule has 1 fully saturated rings. The molecule has 118 valence electrons. The standard InChI is InChI=1S/C17H23N3O2/c21-11-10-14(12-6-2-1-3-7-12)18-17(22)16-13-8-4-5-9-15(13)19-20-16/h4-5,8-9,12,14,21H,1-3,6-7,10-11H2,(H,18,22)(H,19,20). The minimum Gasteiger partial charge on any atom is -0.396 e. The molecule has 0 saturated heterocycles. The highest BCUT2D eigenvalue weighted by Crippen LogP contribution is 2.28. The normalized spacial score (nSPS) is 17.5. The number of aliphatic hydroxyl groups excluding tert-OH is 1. The first-order valence-corrected chi connectivity index (χ1v) is 8.14. The lowest BCUT2D eigenvalue weighted by Crippen LogP contribution is -2.42. The maximum Gasteiger partial charge on any atom is 0.272 e. The van der Waals surface area contributed by atoms with Gasteiger partial charge in [0.05, 0.1) is 5.52 Å². The number of carbonyl (C=O) groups excluding carboxylic acids is 1. The monoisotopic (exact) mass is 301 g/mol. The molecule has 1 heterocycles. The molecule has 1 amide bonds. The van der Waals surface area contributed by atoms with Gasteiger partial charge in [0.2, 0.25) is 0 Å². The van der Waals surface area contributed by atoms with Gasteiger partial charge in [0.25, 0.3) is 5.91 Å². The van der Waals surface area contributed by atoms with Gasteiger partial charge in [-0.2, -0.15) is 5.10 Å². The van der Waals surface area contributed by atoms with Gasteiger partial charge in [0, 0.05) is 18.0 Å². The highest BCUT2D eigenvalue weighted by atomic mass is 16.3. The number of aromatic amines is 1. The van der Waals surface area contributed by atoms with E-state index in [9.17, 15) is 9.90 Å². The number of nitrogens with zero attached hydrogens (tertiary/aromatic N) is 1. The third-order valence-electron chi connectivity index (χ3n) is 4.66. The zero-order valence-electron chi connectivity index (χ0n) is 12.7. The van der Waals surface area contributed by atoms with Crippen molar-refractivity contribution in [2.45, 2.75) is 44.6 Å². The van der Waals surface area contributed by atoms with E-state index in [0.717, 1.165) is 23.7 Å². The molecule has 1 unspecified atom stereocenters. The summed E-state index contributed by atoms with van der Waals surface area (Å²) in [6.45, 7) is 0.1000. The van der Waals surface area contributed by atoms with Crippen LogP contribution in [0, 0.1) is 5.92 Å². The zero-order chi connectivity index (χ0) is 15.4. The van der Waals surface area contributed by atoms with Gasteiger partial charge in [-0.1, -0.05) is 37.5 Å².